The minimum absolute atomic E-state index is 0.0152. The Morgan fingerprint density at radius 2 is 2.29 bits per heavy atom. The molecule has 1 aromatic heterocycles. The molecular weight excluding hydrogens is 246 g/mol. The minimum atomic E-state index is -0.597. The molecule has 17 heavy (non-hydrogen) atoms. The van der Waals surface area contributed by atoms with Crippen LogP contribution in [0.1, 0.15) is 0 Å². The number of rotatable bonds is 2. The molecule has 0 saturated carbocycles. The molecule has 0 radical (unpaired) electrons. The van der Waals surface area contributed by atoms with Gasteiger partial charge in [-0.3, -0.25) is 18.9 Å². The van der Waals surface area contributed by atoms with Gasteiger partial charge < -0.3 is 0 Å². The lowest BCUT2D eigenvalue weighted by Gasteiger charge is -1.94. The summed E-state index contributed by atoms with van der Waals surface area (Å²) in [5.41, 5.74) is 7.84. The van der Waals surface area contributed by atoms with E-state index in [0.717, 1.165) is 17.6 Å². The molecule has 1 aromatic carbocycles. The first kappa shape index (κ1) is 11.1. The van der Waals surface area contributed by atoms with E-state index in [4.69, 9.17) is 5.53 Å². The van der Waals surface area contributed by atoms with Gasteiger partial charge in [-0.1, -0.05) is 16.6 Å². The number of nitro benzene ring substituents is 1. The van der Waals surface area contributed by atoms with Gasteiger partial charge in [0.15, 0.2) is 0 Å². The number of benzene rings is 1. The fraction of sp³-hybridized carbons (Fsp3) is 0.125. The molecule has 0 N–H and O–H groups in total. The van der Waals surface area contributed by atoms with Crippen LogP contribution in [0.2, 0.25) is 0 Å². The van der Waals surface area contributed by atoms with Gasteiger partial charge in [-0.15, -0.1) is 0 Å². The minimum Gasteiger partial charge on any atom is -0.268 e. The lowest BCUT2D eigenvalue weighted by atomic mass is 10.2. The van der Waals surface area contributed by atoms with Crippen LogP contribution < -0.4 is 5.56 Å². The Labute approximate surface area is 97.6 Å². The van der Waals surface area contributed by atoms with Crippen LogP contribution in [-0.4, -0.2) is 8.88 Å². The SMILES string of the molecule is Cn1sc2cc([N+](=O)[O-])cc(N=[N+]=[N-])c2c1=O. The maximum atomic E-state index is 11.7. The first-order chi connectivity index (χ1) is 8.04. The molecule has 0 bridgehead atoms. The van der Waals surface area contributed by atoms with Gasteiger partial charge in [-0.2, -0.15) is 0 Å². The van der Waals surface area contributed by atoms with E-state index in [9.17, 15) is 14.9 Å². The van der Waals surface area contributed by atoms with Gasteiger partial charge in [0.2, 0.25) is 0 Å². The summed E-state index contributed by atoms with van der Waals surface area (Å²) in [5.74, 6) is 0. The average molecular weight is 251 g/mol. The van der Waals surface area contributed by atoms with Gasteiger partial charge >= 0.3 is 0 Å². The van der Waals surface area contributed by atoms with Crippen LogP contribution in [0.4, 0.5) is 11.4 Å². The summed E-state index contributed by atoms with van der Waals surface area (Å²) < 4.78 is 1.75. The molecule has 0 aliphatic heterocycles. The maximum Gasteiger partial charge on any atom is 0.271 e. The van der Waals surface area contributed by atoms with Crippen molar-refractivity contribution < 1.29 is 4.92 Å². The highest BCUT2D eigenvalue weighted by Crippen LogP contribution is 2.31. The summed E-state index contributed by atoms with van der Waals surface area (Å²) in [7, 11) is 1.54. The van der Waals surface area contributed by atoms with Crippen LogP contribution in [-0.2, 0) is 7.05 Å². The number of hydrogen-bond acceptors (Lipinski definition) is 5. The quantitative estimate of drug-likeness (QED) is 0.268. The van der Waals surface area contributed by atoms with Crippen molar-refractivity contribution in [2.24, 2.45) is 12.2 Å². The Morgan fingerprint density at radius 1 is 1.59 bits per heavy atom. The number of nitrogens with zero attached hydrogens (tertiary/aromatic N) is 5. The largest absolute Gasteiger partial charge is 0.271 e. The summed E-state index contributed by atoms with van der Waals surface area (Å²) in [5, 5.41) is 14.2. The molecule has 0 aliphatic rings. The van der Waals surface area contributed by atoms with Gasteiger partial charge in [0.25, 0.3) is 11.2 Å². The molecular formula is C8H5N5O3S. The van der Waals surface area contributed by atoms with Crippen molar-refractivity contribution in [1.82, 2.24) is 3.96 Å². The highest BCUT2D eigenvalue weighted by Gasteiger charge is 2.16. The van der Waals surface area contributed by atoms with E-state index in [1.807, 2.05) is 0 Å². The Kier molecular flexibility index (Phi) is 2.54. The third-order valence-electron chi connectivity index (χ3n) is 2.16. The predicted molar refractivity (Wildman–Crippen MR) is 62.5 cm³/mol. The normalized spacial score (nSPS) is 10.2. The van der Waals surface area contributed by atoms with Crippen LogP contribution in [0.15, 0.2) is 22.0 Å². The summed E-state index contributed by atoms with van der Waals surface area (Å²) in [6, 6.07) is 2.38. The van der Waals surface area contributed by atoms with E-state index < -0.39 is 4.92 Å². The van der Waals surface area contributed by atoms with Crippen molar-refractivity contribution in [1.29, 1.82) is 0 Å². The van der Waals surface area contributed by atoms with Crippen LogP contribution in [0.25, 0.3) is 20.5 Å². The van der Waals surface area contributed by atoms with Crippen molar-refractivity contribution in [2.75, 3.05) is 0 Å². The smallest absolute Gasteiger partial charge is 0.268 e. The number of non-ortho nitro benzene ring substituents is 1. The number of fused-ring (bicyclic) bond motifs is 1. The zero-order chi connectivity index (χ0) is 12.6. The summed E-state index contributed by atoms with van der Waals surface area (Å²) >= 11 is 1.07. The van der Waals surface area contributed by atoms with Gasteiger partial charge in [-0.25, -0.2) is 0 Å². The molecule has 1 heterocycles. The lowest BCUT2D eigenvalue weighted by molar-refractivity contribution is -0.384. The fourth-order valence-electron chi connectivity index (χ4n) is 1.45. The number of nitro groups is 1. The molecule has 0 aliphatic carbocycles. The zero-order valence-corrected chi connectivity index (χ0v) is 9.34. The molecule has 2 rings (SSSR count). The first-order valence-corrected chi connectivity index (χ1v) is 5.15. The summed E-state index contributed by atoms with van der Waals surface area (Å²) in [6.45, 7) is 0. The van der Waals surface area contributed by atoms with Crippen molar-refractivity contribution in [3.05, 3.63) is 43.0 Å². The standard InChI is InChI=1S/C8H5N5O3S/c1-12-8(14)7-5(10-11-9)2-4(13(15)16)3-6(7)17-12/h2-3H,1H3. The Hall–Kier alpha value is -2.38. The van der Waals surface area contributed by atoms with Crippen molar-refractivity contribution >= 4 is 33.0 Å². The van der Waals surface area contributed by atoms with Crippen molar-refractivity contribution in [2.45, 2.75) is 0 Å². The molecule has 0 saturated heterocycles. The lowest BCUT2D eigenvalue weighted by Crippen LogP contribution is -2.07. The number of azide groups is 1. The number of hydrogen-bond donors (Lipinski definition) is 0. The molecule has 8 nitrogen and oxygen atoms in total. The van der Waals surface area contributed by atoms with Crippen LogP contribution in [0.3, 0.4) is 0 Å². The Bertz CT molecular complexity index is 725. The Balaban J connectivity index is 2.95. The van der Waals surface area contributed by atoms with Crippen molar-refractivity contribution in [3.8, 4) is 0 Å². The van der Waals surface area contributed by atoms with Crippen molar-refractivity contribution in [3.63, 3.8) is 0 Å². The third kappa shape index (κ3) is 1.73. The van der Waals surface area contributed by atoms with E-state index in [0.29, 0.717) is 4.70 Å². The first-order valence-electron chi connectivity index (χ1n) is 4.38. The fourth-order valence-corrected chi connectivity index (χ4v) is 2.38. The third-order valence-corrected chi connectivity index (χ3v) is 3.12. The van der Waals surface area contributed by atoms with Gasteiger partial charge in [0.1, 0.15) is 0 Å². The van der Waals surface area contributed by atoms with E-state index in [1.165, 1.54) is 10.0 Å². The van der Waals surface area contributed by atoms with Crippen LogP contribution in [0, 0.1) is 10.1 Å². The van der Waals surface area contributed by atoms with E-state index in [1.54, 1.807) is 7.05 Å². The molecule has 86 valence electrons. The molecule has 2 aromatic rings. The number of aryl methyl sites for hydroxylation is 1. The second kappa shape index (κ2) is 3.89. The van der Waals surface area contributed by atoms with E-state index in [2.05, 4.69) is 10.0 Å². The Morgan fingerprint density at radius 3 is 2.88 bits per heavy atom. The average Bonchev–Trinajstić information content (AvgIpc) is 2.55. The maximum absolute atomic E-state index is 11.7. The molecule has 0 fully saturated rings. The van der Waals surface area contributed by atoms with E-state index >= 15 is 0 Å². The summed E-state index contributed by atoms with van der Waals surface area (Å²) in [6.07, 6.45) is 0. The monoisotopic (exact) mass is 251 g/mol. The number of aromatic nitrogens is 1. The van der Waals surface area contributed by atoms with Gasteiger partial charge in [0, 0.05) is 24.1 Å². The summed E-state index contributed by atoms with van der Waals surface area (Å²) in [4.78, 5) is 24.4. The second-order valence-corrected chi connectivity index (χ2v) is 4.35. The van der Waals surface area contributed by atoms with Crippen LogP contribution >= 0.6 is 11.5 Å². The highest BCUT2D eigenvalue weighted by molar-refractivity contribution is 7.13. The molecule has 0 spiro atoms. The highest BCUT2D eigenvalue weighted by atomic mass is 32.1. The molecule has 0 amide bonds. The topological polar surface area (TPSA) is 114 Å². The molecule has 9 heteroatoms. The molecule has 0 unspecified atom stereocenters. The van der Waals surface area contributed by atoms with Gasteiger partial charge in [0.05, 0.1) is 20.7 Å². The zero-order valence-electron chi connectivity index (χ0n) is 8.52. The predicted octanol–water partition coefficient (Wildman–Crippen LogP) is 2.45. The van der Waals surface area contributed by atoms with E-state index in [-0.39, 0.29) is 22.3 Å². The molecule has 0 atom stereocenters. The van der Waals surface area contributed by atoms with Crippen LogP contribution in [0.5, 0.6) is 0 Å². The van der Waals surface area contributed by atoms with Gasteiger partial charge in [-0.05, 0) is 5.53 Å². The second-order valence-electron chi connectivity index (χ2n) is 3.18.